The van der Waals surface area contributed by atoms with Crippen LogP contribution in [0.4, 0.5) is 0 Å². The second-order valence-corrected chi connectivity index (χ2v) is 5.70. The lowest BCUT2D eigenvalue weighted by molar-refractivity contribution is -0.139. The van der Waals surface area contributed by atoms with Gasteiger partial charge in [0.1, 0.15) is 0 Å². The van der Waals surface area contributed by atoms with Gasteiger partial charge in [0.25, 0.3) is 0 Å². The zero-order chi connectivity index (χ0) is 15.8. The molecule has 120 valence electrons. The van der Waals surface area contributed by atoms with Gasteiger partial charge in [0.05, 0.1) is 0 Å². The highest BCUT2D eigenvalue weighted by molar-refractivity contribution is 6.35. The Bertz CT molecular complexity index is 496. The summed E-state index contributed by atoms with van der Waals surface area (Å²) in [6.45, 7) is 4.27. The zero-order valence-electron chi connectivity index (χ0n) is 13.1. The summed E-state index contributed by atoms with van der Waals surface area (Å²) in [7, 11) is 0. The molecule has 0 radical (unpaired) electrons. The minimum Gasteiger partial charge on any atom is -0.381 e. The van der Waals surface area contributed by atoms with Crippen molar-refractivity contribution < 1.29 is 14.3 Å². The first-order valence-electron chi connectivity index (χ1n) is 7.87. The van der Waals surface area contributed by atoms with Gasteiger partial charge in [0.2, 0.25) is 0 Å². The predicted octanol–water partition coefficient (Wildman–Crippen LogP) is 1.38. The molecule has 1 aliphatic heterocycles. The fourth-order valence-electron chi connectivity index (χ4n) is 2.77. The van der Waals surface area contributed by atoms with Crippen molar-refractivity contribution in [2.75, 3.05) is 26.3 Å². The first kappa shape index (κ1) is 16.5. The van der Waals surface area contributed by atoms with Crippen molar-refractivity contribution in [1.29, 1.82) is 0 Å². The van der Waals surface area contributed by atoms with Crippen molar-refractivity contribution in [1.82, 2.24) is 10.6 Å². The van der Waals surface area contributed by atoms with Gasteiger partial charge in [-0.3, -0.25) is 9.59 Å². The maximum Gasteiger partial charge on any atom is 0.309 e. The molecule has 0 aliphatic carbocycles. The molecule has 22 heavy (non-hydrogen) atoms. The van der Waals surface area contributed by atoms with Crippen LogP contribution in [0.15, 0.2) is 30.3 Å². The molecular weight excluding hydrogens is 280 g/mol. The van der Waals surface area contributed by atoms with Crippen LogP contribution in [0.2, 0.25) is 0 Å². The van der Waals surface area contributed by atoms with Gasteiger partial charge in [0, 0.05) is 31.7 Å². The summed E-state index contributed by atoms with van der Waals surface area (Å²) < 4.78 is 5.46. The third-order valence-electron chi connectivity index (χ3n) is 4.17. The van der Waals surface area contributed by atoms with E-state index in [0.717, 1.165) is 19.3 Å². The summed E-state index contributed by atoms with van der Waals surface area (Å²) in [5.41, 5.74) is 1.03. The highest BCUT2D eigenvalue weighted by Crippen LogP contribution is 2.34. The second-order valence-electron chi connectivity index (χ2n) is 5.70. The number of carbonyl (C=O) groups is 2. The standard InChI is InChI=1S/C17H24N2O3/c1-2-10-18-15(20)16(21)19-13-17(8-11-22-12-9-17)14-6-4-3-5-7-14/h3-7H,2,8-13H2,1H3,(H,18,20)(H,19,21). The minimum atomic E-state index is -0.560. The average molecular weight is 304 g/mol. The maximum absolute atomic E-state index is 11.9. The van der Waals surface area contributed by atoms with Crippen LogP contribution < -0.4 is 10.6 Å². The molecular formula is C17H24N2O3. The fraction of sp³-hybridized carbons (Fsp3) is 0.529. The monoisotopic (exact) mass is 304 g/mol. The minimum absolute atomic E-state index is 0.153. The maximum atomic E-state index is 11.9. The van der Waals surface area contributed by atoms with E-state index < -0.39 is 11.8 Å². The van der Waals surface area contributed by atoms with Gasteiger partial charge < -0.3 is 15.4 Å². The largest absolute Gasteiger partial charge is 0.381 e. The van der Waals surface area contributed by atoms with Gasteiger partial charge in [-0.2, -0.15) is 0 Å². The number of nitrogens with one attached hydrogen (secondary N) is 2. The summed E-state index contributed by atoms with van der Waals surface area (Å²) in [4.78, 5) is 23.6. The topological polar surface area (TPSA) is 67.4 Å². The Balaban J connectivity index is 2.02. The van der Waals surface area contributed by atoms with Crippen LogP contribution in [0, 0.1) is 0 Å². The fourth-order valence-corrected chi connectivity index (χ4v) is 2.77. The zero-order valence-corrected chi connectivity index (χ0v) is 13.1. The molecule has 1 fully saturated rings. The molecule has 0 spiro atoms. The molecule has 1 saturated heterocycles. The molecule has 1 aliphatic rings. The first-order valence-corrected chi connectivity index (χ1v) is 7.87. The highest BCUT2D eigenvalue weighted by Gasteiger charge is 2.35. The molecule has 2 rings (SSSR count). The SMILES string of the molecule is CCCNC(=O)C(=O)NCC1(c2ccccc2)CCOCC1. The van der Waals surface area contributed by atoms with E-state index in [-0.39, 0.29) is 5.41 Å². The molecule has 5 nitrogen and oxygen atoms in total. The number of hydrogen-bond acceptors (Lipinski definition) is 3. The first-order chi connectivity index (χ1) is 10.7. The van der Waals surface area contributed by atoms with Crippen LogP contribution in [-0.2, 0) is 19.7 Å². The lowest BCUT2D eigenvalue weighted by Gasteiger charge is -2.37. The Labute approximate surface area is 131 Å². The predicted molar refractivity (Wildman–Crippen MR) is 84.5 cm³/mol. The number of carbonyl (C=O) groups excluding carboxylic acids is 2. The molecule has 1 heterocycles. The number of ether oxygens (including phenoxy) is 1. The van der Waals surface area contributed by atoms with Crippen LogP contribution in [0.25, 0.3) is 0 Å². The third kappa shape index (κ3) is 4.07. The smallest absolute Gasteiger partial charge is 0.309 e. The Morgan fingerprint density at radius 2 is 1.73 bits per heavy atom. The molecule has 1 aromatic carbocycles. The van der Waals surface area contributed by atoms with Gasteiger partial charge in [-0.25, -0.2) is 0 Å². The van der Waals surface area contributed by atoms with E-state index in [1.165, 1.54) is 5.56 Å². The molecule has 2 amide bonds. The average Bonchev–Trinajstić information content (AvgIpc) is 2.59. The summed E-state index contributed by atoms with van der Waals surface area (Å²) in [6.07, 6.45) is 2.49. The Morgan fingerprint density at radius 1 is 1.09 bits per heavy atom. The van der Waals surface area contributed by atoms with Crippen LogP contribution in [0.1, 0.15) is 31.7 Å². The van der Waals surface area contributed by atoms with Crippen molar-refractivity contribution >= 4 is 11.8 Å². The van der Waals surface area contributed by atoms with Crippen molar-refractivity contribution in [3.63, 3.8) is 0 Å². The van der Waals surface area contributed by atoms with Crippen LogP contribution >= 0.6 is 0 Å². The number of hydrogen-bond donors (Lipinski definition) is 2. The van der Waals surface area contributed by atoms with Gasteiger partial charge in [-0.05, 0) is 24.8 Å². The molecule has 1 aromatic rings. The van der Waals surface area contributed by atoms with E-state index in [9.17, 15) is 9.59 Å². The van der Waals surface area contributed by atoms with E-state index in [1.807, 2.05) is 25.1 Å². The van der Waals surface area contributed by atoms with Crippen molar-refractivity contribution in [2.24, 2.45) is 0 Å². The van der Waals surface area contributed by atoms with Gasteiger partial charge >= 0.3 is 11.8 Å². The Morgan fingerprint density at radius 3 is 2.36 bits per heavy atom. The molecule has 0 unspecified atom stereocenters. The number of amides is 2. The van der Waals surface area contributed by atoms with Crippen molar-refractivity contribution in [3.8, 4) is 0 Å². The van der Waals surface area contributed by atoms with Crippen molar-refractivity contribution in [3.05, 3.63) is 35.9 Å². The quantitative estimate of drug-likeness (QED) is 0.808. The molecule has 5 heteroatoms. The van der Waals surface area contributed by atoms with E-state index in [0.29, 0.717) is 26.3 Å². The molecule has 0 aromatic heterocycles. The number of benzene rings is 1. The summed E-state index contributed by atoms with van der Waals surface area (Å²) in [5.74, 6) is -1.12. The van der Waals surface area contributed by atoms with Gasteiger partial charge in [-0.15, -0.1) is 0 Å². The van der Waals surface area contributed by atoms with E-state index in [4.69, 9.17) is 4.74 Å². The number of rotatable bonds is 5. The van der Waals surface area contributed by atoms with E-state index in [1.54, 1.807) is 0 Å². The molecule has 0 atom stereocenters. The molecule has 2 N–H and O–H groups in total. The van der Waals surface area contributed by atoms with Crippen LogP contribution in [0.5, 0.6) is 0 Å². The van der Waals surface area contributed by atoms with Crippen LogP contribution in [-0.4, -0.2) is 38.1 Å². The van der Waals surface area contributed by atoms with Crippen LogP contribution in [0.3, 0.4) is 0 Å². The summed E-state index contributed by atoms with van der Waals surface area (Å²) >= 11 is 0. The Kier molecular flexibility index (Phi) is 5.95. The van der Waals surface area contributed by atoms with Gasteiger partial charge in [-0.1, -0.05) is 37.3 Å². The summed E-state index contributed by atoms with van der Waals surface area (Å²) in [5, 5.41) is 5.39. The molecule has 0 bridgehead atoms. The Hall–Kier alpha value is -1.88. The normalized spacial score (nSPS) is 16.8. The lowest BCUT2D eigenvalue weighted by Crippen LogP contribution is -2.48. The van der Waals surface area contributed by atoms with Crippen molar-refractivity contribution in [2.45, 2.75) is 31.6 Å². The molecule has 0 saturated carbocycles. The third-order valence-corrected chi connectivity index (χ3v) is 4.17. The highest BCUT2D eigenvalue weighted by atomic mass is 16.5. The lowest BCUT2D eigenvalue weighted by atomic mass is 9.74. The van der Waals surface area contributed by atoms with Gasteiger partial charge in [0.15, 0.2) is 0 Å². The second kappa shape index (κ2) is 7.94. The van der Waals surface area contributed by atoms with E-state index >= 15 is 0 Å². The summed E-state index contributed by atoms with van der Waals surface area (Å²) in [6, 6.07) is 10.1. The van der Waals surface area contributed by atoms with E-state index in [2.05, 4.69) is 22.8 Å².